The van der Waals surface area contributed by atoms with Gasteiger partial charge in [0.2, 0.25) is 0 Å². The van der Waals surface area contributed by atoms with Crippen LogP contribution in [0, 0.1) is 6.92 Å². The molecule has 0 aliphatic heterocycles. The van der Waals surface area contributed by atoms with Crippen molar-refractivity contribution in [3.8, 4) is 11.5 Å². The van der Waals surface area contributed by atoms with E-state index in [0.29, 0.717) is 0 Å². The van der Waals surface area contributed by atoms with Crippen LogP contribution in [0.15, 0.2) is 30.6 Å². The Labute approximate surface area is 125 Å². The molecule has 1 atom stereocenters. The zero-order chi connectivity index (χ0) is 15.2. The molecule has 0 fully saturated rings. The molecule has 0 saturated carbocycles. The number of nitrogens with one attached hydrogen (secondary N) is 1. The molecule has 2 aromatic rings. The summed E-state index contributed by atoms with van der Waals surface area (Å²) < 4.78 is 12.6. The first-order valence-corrected chi connectivity index (χ1v) is 7.12. The first-order valence-electron chi connectivity index (χ1n) is 7.12. The van der Waals surface area contributed by atoms with Crippen LogP contribution in [0.1, 0.15) is 24.1 Å². The summed E-state index contributed by atoms with van der Waals surface area (Å²) in [6.07, 6.45) is 3.92. The lowest BCUT2D eigenvalue weighted by molar-refractivity contribution is 0.353. The second-order valence-electron chi connectivity index (χ2n) is 4.96. The maximum atomic E-state index is 5.38. The molecule has 5 heteroatoms. The number of hydrogen-bond donors (Lipinski definition) is 1. The number of hydrogen-bond acceptors (Lipinski definition) is 4. The van der Waals surface area contributed by atoms with Gasteiger partial charge in [-0.2, -0.15) is 5.10 Å². The van der Waals surface area contributed by atoms with Gasteiger partial charge in [-0.25, -0.2) is 0 Å². The Bertz CT molecular complexity index is 581. The van der Waals surface area contributed by atoms with Crippen molar-refractivity contribution in [3.63, 3.8) is 0 Å². The lowest BCUT2D eigenvalue weighted by Crippen LogP contribution is -2.25. The van der Waals surface area contributed by atoms with Gasteiger partial charge in [-0.15, -0.1) is 0 Å². The Balaban J connectivity index is 2.24. The molecule has 21 heavy (non-hydrogen) atoms. The number of methoxy groups -OCH3 is 2. The molecular formula is C16H23N3O2. The molecule has 5 nitrogen and oxygen atoms in total. The van der Waals surface area contributed by atoms with Crippen LogP contribution in [0.5, 0.6) is 11.5 Å². The van der Waals surface area contributed by atoms with Gasteiger partial charge in [0, 0.05) is 6.20 Å². The molecule has 1 N–H and O–H groups in total. The zero-order valence-electron chi connectivity index (χ0n) is 13.1. The first kappa shape index (κ1) is 15.4. The van der Waals surface area contributed by atoms with E-state index in [1.165, 1.54) is 0 Å². The number of aryl methyl sites for hydroxylation is 1. The molecule has 1 heterocycles. The second-order valence-corrected chi connectivity index (χ2v) is 4.96. The molecule has 1 aromatic carbocycles. The maximum absolute atomic E-state index is 5.38. The van der Waals surface area contributed by atoms with Crippen LogP contribution < -0.4 is 14.8 Å². The van der Waals surface area contributed by atoms with Gasteiger partial charge >= 0.3 is 0 Å². The van der Waals surface area contributed by atoms with Crippen LogP contribution in [-0.2, 0) is 6.54 Å². The van der Waals surface area contributed by atoms with E-state index in [1.54, 1.807) is 14.2 Å². The summed E-state index contributed by atoms with van der Waals surface area (Å²) in [5.74, 6) is 1.49. The van der Waals surface area contributed by atoms with Gasteiger partial charge in [-0.1, -0.05) is 13.0 Å². The van der Waals surface area contributed by atoms with E-state index in [4.69, 9.17) is 9.47 Å². The lowest BCUT2D eigenvalue weighted by atomic mass is 10.1. The van der Waals surface area contributed by atoms with Crippen LogP contribution in [0.3, 0.4) is 0 Å². The second kappa shape index (κ2) is 7.13. The molecule has 1 unspecified atom stereocenters. The molecule has 2 rings (SSSR count). The van der Waals surface area contributed by atoms with E-state index in [2.05, 4.69) is 23.4 Å². The quantitative estimate of drug-likeness (QED) is 0.851. The third-order valence-corrected chi connectivity index (χ3v) is 3.39. The molecule has 0 spiro atoms. The normalized spacial score (nSPS) is 12.2. The highest BCUT2D eigenvalue weighted by Crippen LogP contribution is 2.30. The van der Waals surface area contributed by atoms with Gasteiger partial charge in [0.25, 0.3) is 0 Å². The summed E-state index contributed by atoms with van der Waals surface area (Å²) in [5, 5.41) is 7.85. The average molecular weight is 289 g/mol. The van der Waals surface area contributed by atoms with E-state index in [0.717, 1.165) is 35.7 Å². The zero-order valence-corrected chi connectivity index (χ0v) is 13.1. The summed E-state index contributed by atoms with van der Waals surface area (Å²) >= 11 is 0. The fourth-order valence-corrected chi connectivity index (χ4v) is 2.36. The molecule has 0 bridgehead atoms. The van der Waals surface area contributed by atoms with Crippen molar-refractivity contribution >= 4 is 0 Å². The van der Waals surface area contributed by atoms with E-state index in [9.17, 15) is 0 Å². The van der Waals surface area contributed by atoms with Crippen LogP contribution in [0.4, 0.5) is 0 Å². The Morgan fingerprint density at radius 3 is 2.57 bits per heavy atom. The smallest absolute Gasteiger partial charge is 0.161 e. The third-order valence-electron chi connectivity index (χ3n) is 3.39. The molecular weight excluding hydrogens is 266 g/mol. The highest BCUT2D eigenvalue weighted by molar-refractivity contribution is 5.43. The van der Waals surface area contributed by atoms with Crippen molar-refractivity contribution in [2.24, 2.45) is 0 Å². The predicted molar refractivity (Wildman–Crippen MR) is 82.9 cm³/mol. The maximum Gasteiger partial charge on any atom is 0.161 e. The summed E-state index contributed by atoms with van der Waals surface area (Å²) in [5.41, 5.74) is 2.32. The van der Waals surface area contributed by atoms with Crippen molar-refractivity contribution in [1.82, 2.24) is 15.1 Å². The van der Waals surface area contributed by atoms with E-state index < -0.39 is 0 Å². The van der Waals surface area contributed by atoms with Crippen LogP contribution in [-0.4, -0.2) is 30.5 Å². The van der Waals surface area contributed by atoms with Crippen molar-refractivity contribution in [1.29, 1.82) is 0 Å². The number of rotatable bonds is 7. The van der Waals surface area contributed by atoms with E-state index in [-0.39, 0.29) is 6.04 Å². The first-order chi connectivity index (χ1) is 10.2. The van der Waals surface area contributed by atoms with Gasteiger partial charge in [-0.05, 0) is 36.7 Å². The Morgan fingerprint density at radius 1 is 1.24 bits per heavy atom. The summed E-state index contributed by atoms with van der Waals surface area (Å²) in [4.78, 5) is 0. The van der Waals surface area contributed by atoms with Gasteiger partial charge in [0.05, 0.1) is 33.0 Å². The van der Waals surface area contributed by atoms with Crippen molar-refractivity contribution in [2.75, 3.05) is 20.8 Å². The third kappa shape index (κ3) is 3.76. The number of nitrogens with zero attached hydrogens (tertiary/aromatic N) is 2. The van der Waals surface area contributed by atoms with E-state index >= 15 is 0 Å². The highest BCUT2D eigenvalue weighted by Gasteiger charge is 2.14. The van der Waals surface area contributed by atoms with Gasteiger partial charge < -0.3 is 14.8 Å². The number of aromatic nitrogens is 2. The summed E-state index contributed by atoms with van der Waals surface area (Å²) in [6, 6.07) is 6.19. The molecule has 0 saturated heterocycles. The minimum absolute atomic E-state index is 0.175. The predicted octanol–water partition coefficient (Wildman–Crippen LogP) is 2.56. The molecule has 114 valence electrons. The Hall–Kier alpha value is -2.01. The largest absolute Gasteiger partial charge is 0.493 e. The molecule has 0 aliphatic rings. The van der Waals surface area contributed by atoms with E-state index in [1.807, 2.05) is 36.1 Å². The van der Waals surface area contributed by atoms with Gasteiger partial charge in [0.15, 0.2) is 11.5 Å². The Kier molecular flexibility index (Phi) is 5.22. The number of ether oxygens (including phenoxy) is 2. The van der Waals surface area contributed by atoms with Gasteiger partial charge in [-0.3, -0.25) is 4.68 Å². The average Bonchev–Trinajstić information content (AvgIpc) is 2.91. The standard InChI is InChI=1S/C16H23N3O2/c1-5-17-14(11-19-10-12(2)9-18-19)13-6-7-15(20-3)16(8-13)21-4/h6-10,14,17H,5,11H2,1-4H3. The SMILES string of the molecule is CCNC(Cn1cc(C)cn1)c1ccc(OC)c(OC)c1. The van der Waals surface area contributed by atoms with Gasteiger partial charge in [0.1, 0.15) is 0 Å². The monoisotopic (exact) mass is 289 g/mol. The minimum atomic E-state index is 0.175. The minimum Gasteiger partial charge on any atom is -0.493 e. The van der Waals surface area contributed by atoms with Crippen molar-refractivity contribution in [3.05, 3.63) is 41.7 Å². The fourth-order valence-electron chi connectivity index (χ4n) is 2.36. The lowest BCUT2D eigenvalue weighted by Gasteiger charge is -2.20. The topological polar surface area (TPSA) is 48.3 Å². The molecule has 0 radical (unpaired) electrons. The van der Waals surface area contributed by atoms with Crippen molar-refractivity contribution < 1.29 is 9.47 Å². The highest BCUT2D eigenvalue weighted by atomic mass is 16.5. The number of benzene rings is 1. The fraction of sp³-hybridized carbons (Fsp3) is 0.438. The Morgan fingerprint density at radius 2 is 2.00 bits per heavy atom. The van der Waals surface area contributed by atoms with Crippen LogP contribution >= 0.6 is 0 Å². The summed E-state index contributed by atoms with van der Waals surface area (Å²) in [6.45, 7) is 5.81. The molecule has 1 aromatic heterocycles. The molecule has 0 aliphatic carbocycles. The van der Waals surface area contributed by atoms with Crippen molar-refractivity contribution in [2.45, 2.75) is 26.4 Å². The van der Waals surface area contributed by atoms with Crippen LogP contribution in [0.25, 0.3) is 0 Å². The van der Waals surface area contributed by atoms with Crippen LogP contribution in [0.2, 0.25) is 0 Å². The number of likely N-dealkylation sites (N-methyl/N-ethyl adjacent to an activating group) is 1. The molecule has 0 amide bonds. The summed E-state index contributed by atoms with van der Waals surface area (Å²) in [7, 11) is 3.30.